The second kappa shape index (κ2) is 11.6. The number of esters is 1. The van der Waals surface area contributed by atoms with Crippen molar-refractivity contribution >= 4 is 17.5 Å². The molecule has 0 N–H and O–H groups in total. The van der Waals surface area contributed by atoms with Crippen LogP contribution in [0, 0.1) is 0 Å². The average molecular weight is 481 g/mol. The molecule has 0 aliphatic heterocycles. The van der Waals surface area contributed by atoms with Crippen LogP contribution in [0.3, 0.4) is 0 Å². The topological polar surface area (TPSA) is 78.9 Å². The highest BCUT2D eigenvalue weighted by molar-refractivity contribution is 6.49. The van der Waals surface area contributed by atoms with Gasteiger partial charge in [0, 0.05) is 11.6 Å². The first-order valence-electron chi connectivity index (χ1n) is 11.3. The third kappa shape index (κ3) is 6.04. The Kier molecular flexibility index (Phi) is 7.88. The lowest BCUT2D eigenvalue weighted by Crippen LogP contribution is -2.16. The van der Waals surface area contributed by atoms with Gasteiger partial charge in [-0.1, -0.05) is 72.8 Å². The Morgan fingerprint density at radius 1 is 0.611 bits per heavy atom. The zero-order valence-corrected chi connectivity index (χ0v) is 19.7. The third-order valence-electron chi connectivity index (χ3n) is 5.46. The summed E-state index contributed by atoms with van der Waals surface area (Å²) in [6, 6.07) is 29.7. The van der Waals surface area contributed by atoms with Gasteiger partial charge in [-0.05, 0) is 35.4 Å². The van der Waals surface area contributed by atoms with E-state index >= 15 is 0 Å². The van der Waals surface area contributed by atoms with Gasteiger partial charge in [0.25, 0.3) is 0 Å². The van der Waals surface area contributed by atoms with Crippen molar-refractivity contribution in [3.05, 3.63) is 131 Å². The summed E-state index contributed by atoms with van der Waals surface area (Å²) in [5.41, 5.74) is 2.48. The van der Waals surface area contributed by atoms with E-state index in [9.17, 15) is 14.4 Å². The van der Waals surface area contributed by atoms with Gasteiger partial charge < -0.3 is 14.2 Å². The summed E-state index contributed by atoms with van der Waals surface area (Å²) in [4.78, 5) is 37.8. The predicted molar refractivity (Wildman–Crippen MR) is 134 cm³/mol. The van der Waals surface area contributed by atoms with Crippen molar-refractivity contribution in [1.82, 2.24) is 0 Å². The zero-order chi connectivity index (χ0) is 25.3. The number of ketones is 2. The number of benzene rings is 4. The molecule has 0 aliphatic carbocycles. The molecule has 0 bridgehead atoms. The molecule has 0 unspecified atom stereocenters. The molecule has 4 aromatic rings. The Hall–Kier alpha value is -4.71. The minimum atomic E-state index is -0.724. The molecule has 0 amide bonds. The fraction of sp³-hybridized carbons (Fsp3) is 0.100. The van der Waals surface area contributed by atoms with Crippen molar-refractivity contribution < 1.29 is 28.6 Å². The standard InChI is InChI=1S/C30H24O6/c1-34-30(33)24-14-12-23(13-15-24)28(31)29(32)26-17-16-25(35-19-21-8-4-2-5-9-21)18-27(26)36-20-22-10-6-3-7-11-22/h2-18H,19-20H2,1H3. The summed E-state index contributed by atoms with van der Waals surface area (Å²) < 4.78 is 16.5. The first kappa shape index (κ1) is 24.4. The Labute approximate surface area is 209 Å². The van der Waals surface area contributed by atoms with Crippen LogP contribution in [-0.4, -0.2) is 24.6 Å². The molecule has 6 nitrogen and oxygen atoms in total. The second-order valence-corrected chi connectivity index (χ2v) is 7.93. The van der Waals surface area contributed by atoms with Crippen molar-refractivity contribution in [2.45, 2.75) is 13.2 Å². The summed E-state index contributed by atoms with van der Waals surface area (Å²) in [5, 5.41) is 0. The van der Waals surface area contributed by atoms with E-state index in [1.807, 2.05) is 60.7 Å². The SMILES string of the molecule is COC(=O)c1ccc(C(=O)C(=O)c2ccc(OCc3ccccc3)cc2OCc2ccccc2)cc1. The van der Waals surface area contributed by atoms with Crippen molar-refractivity contribution in [3.63, 3.8) is 0 Å². The van der Waals surface area contributed by atoms with Crippen molar-refractivity contribution in [2.24, 2.45) is 0 Å². The summed E-state index contributed by atoms with van der Waals surface area (Å²) in [6.45, 7) is 0.559. The average Bonchev–Trinajstić information content (AvgIpc) is 2.95. The van der Waals surface area contributed by atoms with E-state index in [4.69, 9.17) is 9.47 Å². The summed E-state index contributed by atoms with van der Waals surface area (Å²) in [7, 11) is 1.27. The van der Waals surface area contributed by atoms with Gasteiger partial charge in [0.15, 0.2) is 0 Å². The van der Waals surface area contributed by atoms with Crippen LogP contribution in [0.2, 0.25) is 0 Å². The largest absolute Gasteiger partial charge is 0.489 e. The van der Waals surface area contributed by atoms with E-state index < -0.39 is 17.5 Å². The van der Waals surface area contributed by atoms with Crippen LogP contribution in [0.1, 0.15) is 42.2 Å². The highest BCUT2D eigenvalue weighted by Gasteiger charge is 2.23. The number of Topliss-reactive ketones (excluding diaryl/α,β-unsaturated/α-hetero) is 2. The fourth-order valence-corrected chi connectivity index (χ4v) is 3.50. The quantitative estimate of drug-likeness (QED) is 0.165. The highest BCUT2D eigenvalue weighted by Crippen LogP contribution is 2.28. The van der Waals surface area contributed by atoms with E-state index in [1.54, 1.807) is 12.1 Å². The molecule has 180 valence electrons. The van der Waals surface area contributed by atoms with Crippen LogP contribution in [-0.2, 0) is 18.0 Å². The number of hydrogen-bond acceptors (Lipinski definition) is 6. The lowest BCUT2D eigenvalue weighted by Gasteiger charge is -2.14. The fourth-order valence-electron chi connectivity index (χ4n) is 3.50. The van der Waals surface area contributed by atoms with E-state index in [1.165, 1.54) is 37.4 Å². The molecule has 36 heavy (non-hydrogen) atoms. The van der Waals surface area contributed by atoms with Crippen LogP contribution >= 0.6 is 0 Å². The molecule has 0 aliphatic rings. The van der Waals surface area contributed by atoms with Crippen molar-refractivity contribution in [1.29, 1.82) is 0 Å². The first-order chi connectivity index (χ1) is 17.5. The van der Waals surface area contributed by atoms with Gasteiger partial charge in [-0.2, -0.15) is 0 Å². The van der Waals surface area contributed by atoms with Gasteiger partial charge in [0.2, 0.25) is 11.6 Å². The maximum atomic E-state index is 13.2. The van der Waals surface area contributed by atoms with Crippen LogP contribution < -0.4 is 9.47 Å². The summed E-state index contributed by atoms with van der Waals surface area (Å²) >= 11 is 0. The molecule has 0 radical (unpaired) electrons. The molecule has 0 saturated carbocycles. The third-order valence-corrected chi connectivity index (χ3v) is 5.46. The molecule has 6 heteroatoms. The van der Waals surface area contributed by atoms with Gasteiger partial charge in [0.05, 0.1) is 18.2 Å². The Balaban J connectivity index is 1.57. The van der Waals surface area contributed by atoms with Crippen LogP contribution in [0.4, 0.5) is 0 Å². The van der Waals surface area contributed by atoms with E-state index in [-0.39, 0.29) is 29.0 Å². The van der Waals surface area contributed by atoms with Crippen molar-refractivity contribution in [3.8, 4) is 11.5 Å². The van der Waals surface area contributed by atoms with Crippen LogP contribution in [0.5, 0.6) is 11.5 Å². The number of carbonyl (C=O) groups is 3. The van der Waals surface area contributed by atoms with Gasteiger partial charge in [-0.15, -0.1) is 0 Å². The minimum absolute atomic E-state index is 0.125. The molecule has 0 heterocycles. The molecular formula is C30H24O6. The lowest BCUT2D eigenvalue weighted by molar-refractivity contribution is 0.0600. The summed E-state index contributed by atoms with van der Waals surface area (Å²) in [5.74, 6) is -1.21. The van der Waals surface area contributed by atoms with Crippen LogP contribution in [0.25, 0.3) is 0 Å². The number of hydrogen-bond donors (Lipinski definition) is 0. The minimum Gasteiger partial charge on any atom is -0.489 e. The number of methoxy groups -OCH3 is 1. The first-order valence-corrected chi connectivity index (χ1v) is 11.3. The Morgan fingerprint density at radius 2 is 1.17 bits per heavy atom. The zero-order valence-electron chi connectivity index (χ0n) is 19.7. The molecule has 0 atom stereocenters. The molecule has 0 saturated heterocycles. The molecule has 4 rings (SSSR count). The number of carbonyl (C=O) groups excluding carboxylic acids is 3. The smallest absolute Gasteiger partial charge is 0.337 e. The van der Waals surface area contributed by atoms with E-state index in [2.05, 4.69) is 4.74 Å². The monoisotopic (exact) mass is 480 g/mol. The molecular weight excluding hydrogens is 456 g/mol. The predicted octanol–water partition coefficient (Wildman–Crippen LogP) is 5.70. The van der Waals surface area contributed by atoms with Gasteiger partial charge in [-0.3, -0.25) is 9.59 Å². The lowest BCUT2D eigenvalue weighted by atomic mass is 9.99. The maximum Gasteiger partial charge on any atom is 0.337 e. The molecule has 0 aromatic heterocycles. The summed E-state index contributed by atoms with van der Waals surface area (Å²) in [6.07, 6.45) is 0. The van der Waals surface area contributed by atoms with Gasteiger partial charge in [0.1, 0.15) is 24.7 Å². The second-order valence-electron chi connectivity index (χ2n) is 7.93. The van der Waals surface area contributed by atoms with E-state index in [0.717, 1.165) is 11.1 Å². The highest BCUT2D eigenvalue weighted by atomic mass is 16.5. The Morgan fingerprint density at radius 3 is 1.75 bits per heavy atom. The normalized spacial score (nSPS) is 10.4. The molecule has 4 aromatic carbocycles. The van der Waals surface area contributed by atoms with E-state index in [0.29, 0.717) is 12.4 Å². The van der Waals surface area contributed by atoms with Gasteiger partial charge in [-0.25, -0.2) is 4.79 Å². The molecule has 0 fully saturated rings. The van der Waals surface area contributed by atoms with Crippen LogP contribution in [0.15, 0.2) is 103 Å². The number of ether oxygens (including phenoxy) is 3. The maximum absolute atomic E-state index is 13.2. The van der Waals surface area contributed by atoms with Gasteiger partial charge >= 0.3 is 5.97 Å². The molecule has 0 spiro atoms. The Bertz CT molecular complexity index is 1350. The number of rotatable bonds is 10. The van der Waals surface area contributed by atoms with Crippen molar-refractivity contribution in [2.75, 3.05) is 7.11 Å².